The van der Waals surface area contributed by atoms with Crippen LogP contribution in [0, 0.1) is 23.2 Å². The number of para-hydroxylation sites is 1. The number of hydrogen-bond donors (Lipinski definition) is 1. The van der Waals surface area contributed by atoms with Crippen LogP contribution < -0.4 is 5.32 Å². The highest BCUT2D eigenvalue weighted by atomic mass is 16.2. The first-order valence-corrected chi connectivity index (χ1v) is 11.2. The Morgan fingerprint density at radius 2 is 1.75 bits per heavy atom. The van der Waals surface area contributed by atoms with Gasteiger partial charge in [0, 0.05) is 24.7 Å². The number of amides is 1. The van der Waals surface area contributed by atoms with E-state index in [4.69, 9.17) is 4.98 Å². The van der Waals surface area contributed by atoms with Gasteiger partial charge in [-0.05, 0) is 75.2 Å². The number of carbonyl (C=O) groups is 1. The van der Waals surface area contributed by atoms with Crippen molar-refractivity contribution in [2.24, 2.45) is 23.2 Å². The van der Waals surface area contributed by atoms with Crippen LogP contribution in [0.1, 0.15) is 57.2 Å². The number of imidazole rings is 1. The van der Waals surface area contributed by atoms with E-state index in [1.165, 1.54) is 37.9 Å². The Hall–Kier alpha value is -2.10. The van der Waals surface area contributed by atoms with Crippen molar-refractivity contribution in [3.05, 3.63) is 36.3 Å². The quantitative estimate of drug-likeness (QED) is 0.817. The standard InChI is InChI=1S/C24H29N3O/c28-23(24-12-16-9-17(13-24)11-18(10-16)14-24)26-20-6-2-1-5-19(20)21-15-27-8-4-3-7-22(27)25-21/h1-2,5-6,15-18H,3-4,7-14H2,(H,26,28). The largest absolute Gasteiger partial charge is 0.334 e. The van der Waals surface area contributed by atoms with Gasteiger partial charge in [0.2, 0.25) is 5.91 Å². The summed E-state index contributed by atoms with van der Waals surface area (Å²) in [6, 6.07) is 8.22. The van der Waals surface area contributed by atoms with Crippen molar-refractivity contribution in [3.8, 4) is 11.3 Å². The molecule has 1 aliphatic heterocycles. The van der Waals surface area contributed by atoms with E-state index in [1.54, 1.807) is 0 Å². The molecule has 0 spiro atoms. The van der Waals surface area contributed by atoms with Crippen LogP contribution in [-0.4, -0.2) is 15.5 Å². The predicted octanol–water partition coefficient (Wildman–Crippen LogP) is 5.04. The van der Waals surface area contributed by atoms with Crippen LogP contribution in [0.4, 0.5) is 5.69 Å². The molecule has 4 fully saturated rings. The lowest BCUT2D eigenvalue weighted by molar-refractivity contribution is -0.140. The summed E-state index contributed by atoms with van der Waals surface area (Å²) in [6.45, 7) is 1.06. The van der Waals surface area contributed by atoms with Crippen molar-refractivity contribution < 1.29 is 4.79 Å². The molecule has 2 aromatic rings. The normalized spacial score (nSPS) is 32.9. The Labute approximate surface area is 166 Å². The molecule has 4 heteroatoms. The Bertz CT molecular complexity index is 869. The monoisotopic (exact) mass is 375 g/mol. The van der Waals surface area contributed by atoms with E-state index in [-0.39, 0.29) is 11.3 Å². The highest BCUT2D eigenvalue weighted by molar-refractivity contribution is 5.98. The molecule has 0 radical (unpaired) electrons. The van der Waals surface area contributed by atoms with Crippen LogP contribution in [-0.2, 0) is 17.8 Å². The SMILES string of the molecule is O=C(Nc1ccccc1-c1cn2c(n1)CCCC2)C12CC3CC(CC(C3)C1)C2. The maximum Gasteiger partial charge on any atom is 0.230 e. The summed E-state index contributed by atoms with van der Waals surface area (Å²) in [4.78, 5) is 18.4. The fraction of sp³-hybridized carbons (Fsp3) is 0.583. The smallest absolute Gasteiger partial charge is 0.230 e. The van der Waals surface area contributed by atoms with Crippen molar-refractivity contribution in [1.29, 1.82) is 0 Å². The minimum atomic E-state index is -0.116. The average molecular weight is 376 g/mol. The number of hydrogen-bond acceptors (Lipinski definition) is 2. The minimum Gasteiger partial charge on any atom is -0.334 e. The number of carbonyl (C=O) groups excluding carboxylic acids is 1. The van der Waals surface area contributed by atoms with E-state index in [0.29, 0.717) is 0 Å². The minimum absolute atomic E-state index is 0.116. The van der Waals surface area contributed by atoms with Crippen LogP contribution in [0.25, 0.3) is 11.3 Å². The van der Waals surface area contributed by atoms with Gasteiger partial charge < -0.3 is 9.88 Å². The predicted molar refractivity (Wildman–Crippen MR) is 110 cm³/mol. The molecule has 4 nitrogen and oxygen atoms in total. The van der Waals surface area contributed by atoms with Gasteiger partial charge in [0.05, 0.1) is 16.8 Å². The average Bonchev–Trinajstić information content (AvgIpc) is 3.11. The molecule has 1 amide bonds. The highest BCUT2D eigenvalue weighted by Crippen LogP contribution is 2.60. The molecule has 1 aromatic heterocycles. The lowest BCUT2D eigenvalue weighted by Gasteiger charge is -2.55. The molecule has 4 bridgehead atoms. The lowest BCUT2D eigenvalue weighted by Crippen LogP contribution is -2.51. The van der Waals surface area contributed by atoms with E-state index < -0.39 is 0 Å². The van der Waals surface area contributed by atoms with Crippen LogP contribution in [0.2, 0.25) is 0 Å². The molecule has 4 aliphatic carbocycles. The van der Waals surface area contributed by atoms with E-state index in [2.05, 4.69) is 22.1 Å². The molecule has 0 unspecified atom stereocenters. The first kappa shape index (κ1) is 16.8. The Kier molecular flexibility index (Phi) is 3.72. The molecule has 2 heterocycles. The summed E-state index contributed by atoms with van der Waals surface area (Å²) < 4.78 is 2.29. The van der Waals surface area contributed by atoms with Crippen LogP contribution in [0.3, 0.4) is 0 Å². The van der Waals surface area contributed by atoms with Crippen molar-refractivity contribution in [3.63, 3.8) is 0 Å². The Morgan fingerprint density at radius 3 is 2.46 bits per heavy atom. The van der Waals surface area contributed by atoms with Crippen LogP contribution >= 0.6 is 0 Å². The van der Waals surface area contributed by atoms with E-state index >= 15 is 0 Å². The summed E-state index contributed by atoms with van der Waals surface area (Å²) in [7, 11) is 0. The first-order valence-electron chi connectivity index (χ1n) is 11.2. The fourth-order valence-electron chi connectivity index (χ4n) is 7.00. The zero-order chi connectivity index (χ0) is 18.7. The van der Waals surface area contributed by atoms with Crippen molar-refractivity contribution >= 4 is 11.6 Å². The van der Waals surface area contributed by atoms with Crippen molar-refractivity contribution in [2.75, 3.05) is 5.32 Å². The summed E-state index contributed by atoms with van der Waals surface area (Å²) in [5, 5.41) is 3.36. The molecule has 0 atom stereocenters. The van der Waals surface area contributed by atoms with Gasteiger partial charge >= 0.3 is 0 Å². The molecule has 28 heavy (non-hydrogen) atoms. The summed E-state index contributed by atoms with van der Waals surface area (Å²) in [6.07, 6.45) is 13.1. The first-order chi connectivity index (χ1) is 13.7. The molecule has 1 N–H and O–H groups in total. The topological polar surface area (TPSA) is 46.9 Å². The van der Waals surface area contributed by atoms with E-state index in [9.17, 15) is 4.79 Å². The third-order valence-corrected chi connectivity index (χ3v) is 7.88. The molecule has 7 rings (SSSR count). The second-order valence-corrected chi connectivity index (χ2v) is 9.89. The van der Waals surface area contributed by atoms with E-state index in [0.717, 1.165) is 66.9 Å². The Balaban J connectivity index is 1.30. The second kappa shape index (κ2) is 6.20. The van der Waals surface area contributed by atoms with Gasteiger partial charge in [0.25, 0.3) is 0 Å². The maximum atomic E-state index is 13.5. The van der Waals surface area contributed by atoms with Gasteiger partial charge in [-0.1, -0.05) is 18.2 Å². The molecular weight excluding hydrogens is 346 g/mol. The second-order valence-electron chi connectivity index (χ2n) is 9.89. The zero-order valence-corrected chi connectivity index (χ0v) is 16.5. The number of nitrogens with zero attached hydrogens (tertiary/aromatic N) is 2. The molecule has 4 saturated carbocycles. The van der Waals surface area contributed by atoms with Crippen molar-refractivity contribution in [1.82, 2.24) is 9.55 Å². The molecule has 146 valence electrons. The number of benzene rings is 1. The molecular formula is C24H29N3O. The number of rotatable bonds is 3. The van der Waals surface area contributed by atoms with Gasteiger partial charge in [-0.3, -0.25) is 4.79 Å². The zero-order valence-electron chi connectivity index (χ0n) is 16.5. The number of anilines is 1. The Morgan fingerprint density at radius 1 is 1.04 bits per heavy atom. The fourth-order valence-corrected chi connectivity index (χ4v) is 7.00. The number of aryl methyl sites for hydroxylation is 2. The van der Waals surface area contributed by atoms with Gasteiger partial charge in [-0.15, -0.1) is 0 Å². The van der Waals surface area contributed by atoms with Crippen LogP contribution in [0.5, 0.6) is 0 Å². The summed E-state index contributed by atoms with van der Waals surface area (Å²) >= 11 is 0. The molecule has 1 aromatic carbocycles. The van der Waals surface area contributed by atoms with Gasteiger partial charge in [0.1, 0.15) is 5.82 Å². The number of nitrogens with one attached hydrogen (secondary N) is 1. The van der Waals surface area contributed by atoms with Gasteiger partial charge in [0.15, 0.2) is 0 Å². The summed E-state index contributed by atoms with van der Waals surface area (Å²) in [5.41, 5.74) is 2.87. The molecule has 0 saturated heterocycles. The molecule has 5 aliphatic rings. The van der Waals surface area contributed by atoms with Gasteiger partial charge in [-0.2, -0.15) is 0 Å². The maximum absolute atomic E-state index is 13.5. The third kappa shape index (κ3) is 2.64. The van der Waals surface area contributed by atoms with Gasteiger partial charge in [-0.25, -0.2) is 4.98 Å². The number of fused-ring (bicyclic) bond motifs is 1. The highest BCUT2D eigenvalue weighted by Gasteiger charge is 2.54. The third-order valence-electron chi connectivity index (χ3n) is 7.88. The van der Waals surface area contributed by atoms with Crippen LogP contribution in [0.15, 0.2) is 30.5 Å². The lowest BCUT2D eigenvalue weighted by atomic mass is 9.49. The number of aromatic nitrogens is 2. The van der Waals surface area contributed by atoms with E-state index in [1.807, 2.05) is 18.2 Å². The van der Waals surface area contributed by atoms with Crippen molar-refractivity contribution in [2.45, 2.75) is 64.3 Å². The summed E-state index contributed by atoms with van der Waals surface area (Å²) in [5.74, 6) is 3.80.